The number of carbonyl (C=O) groups excluding carboxylic acids is 2. The van der Waals surface area contributed by atoms with Crippen LogP contribution in [0.1, 0.15) is 38.3 Å². The summed E-state index contributed by atoms with van der Waals surface area (Å²) in [6, 6.07) is 13.7. The second-order valence-corrected chi connectivity index (χ2v) is 7.01. The molecule has 1 fully saturated rings. The lowest BCUT2D eigenvalue weighted by Gasteiger charge is -2.19. The molecule has 1 aliphatic rings. The summed E-state index contributed by atoms with van der Waals surface area (Å²) in [5.41, 5.74) is 2.73. The van der Waals surface area contributed by atoms with Crippen LogP contribution in [0.3, 0.4) is 0 Å². The molecular weight excluding hydrogens is 376 g/mol. The first-order valence-electron chi connectivity index (χ1n) is 9.23. The molecule has 0 aromatic heterocycles. The lowest BCUT2D eigenvalue weighted by atomic mass is 10.1. The van der Waals surface area contributed by atoms with Crippen LogP contribution < -0.4 is 0 Å². The van der Waals surface area contributed by atoms with Crippen molar-refractivity contribution in [3.8, 4) is 0 Å². The van der Waals surface area contributed by atoms with Gasteiger partial charge in [-0.3, -0.25) is 0 Å². The molecule has 0 radical (unpaired) electrons. The monoisotopic (exact) mass is 398 g/mol. The van der Waals surface area contributed by atoms with Gasteiger partial charge in [-0.15, -0.1) is 0 Å². The summed E-state index contributed by atoms with van der Waals surface area (Å²) in [4.78, 5) is 35.9. The third-order valence-corrected chi connectivity index (χ3v) is 4.69. The zero-order chi connectivity index (χ0) is 21.0. The smallest absolute Gasteiger partial charge is 0.338 e. The molecule has 0 bridgehead atoms. The van der Waals surface area contributed by atoms with E-state index < -0.39 is 36.2 Å². The molecule has 0 spiro atoms. The minimum Gasteiger partial charge on any atom is -0.479 e. The molecule has 152 valence electrons. The number of carboxylic acid groups (broad SMARTS) is 1. The van der Waals surface area contributed by atoms with Crippen LogP contribution in [0.15, 0.2) is 48.5 Å². The summed E-state index contributed by atoms with van der Waals surface area (Å²) < 4.78 is 16.2. The van der Waals surface area contributed by atoms with Crippen molar-refractivity contribution in [1.29, 1.82) is 0 Å². The molecular formula is C22H22O7. The molecule has 1 aliphatic heterocycles. The molecule has 1 saturated heterocycles. The molecule has 0 saturated carbocycles. The van der Waals surface area contributed by atoms with Crippen molar-refractivity contribution in [2.24, 2.45) is 0 Å². The van der Waals surface area contributed by atoms with E-state index >= 15 is 0 Å². The van der Waals surface area contributed by atoms with Gasteiger partial charge < -0.3 is 19.3 Å². The van der Waals surface area contributed by atoms with Gasteiger partial charge in [0.05, 0.1) is 11.1 Å². The van der Waals surface area contributed by atoms with Crippen LogP contribution in [0.5, 0.6) is 0 Å². The fraction of sp³-hybridized carbons (Fsp3) is 0.318. The average Bonchev–Trinajstić information content (AvgIpc) is 3.10. The Morgan fingerprint density at radius 1 is 0.931 bits per heavy atom. The molecule has 2 aromatic carbocycles. The molecule has 2 aromatic rings. The van der Waals surface area contributed by atoms with Crippen molar-refractivity contribution in [2.75, 3.05) is 6.61 Å². The molecule has 0 amide bonds. The van der Waals surface area contributed by atoms with Gasteiger partial charge in [0.1, 0.15) is 18.8 Å². The highest BCUT2D eigenvalue weighted by atomic mass is 16.6. The second kappa shape index (κ2) is 8.87. The minimum atomic E-state index is -1.16. The normalized spacial score (nSPS) is 20.8. The molecule has 0 aliphatic carbocycles. The van der Waals surface area contributed by atoms with Gasteiger partial charge in [-0.2, -0.15) is 0 Å². The number of carboxylic acids is 1. The molecule has 7 heteroatoms. The van der Waals surface area contributed by atoms with Gasteiger partial charge in [0.2, 0.25) is 0 Å². The zero-order valence-electron chi connectivity index (χ0n) is 16.2. The van der Waals surface area contributed by atoms with Crippen LogP contribution in [0.2, 0.25) is 0 Å². The van der Waals surface area contributed by atoms with Crippen LogP contribution in [-0.4, -0.2) is 47.9 Å². The van der Waals surface area contributed by atoms with Gasteiger partial charge in [0, 0.05) is 6.42 Å². The highest BCUT2D eigenvalue weighted by Gasteiger charge is 2.42. The maximum absolute atomic E-state index is 12.4. The SMILES string of the molecule is Cc1ccc(C(=O)OC[C@H]2O[C@@H](C(=O)O)C[C@@H]2OC(=O)c2ccc(C)cc2)cc1. The Morgan fingerprint density at radius 2 is 1.45 bits per heavy atom. The highest BCUT2D eigenvalue weighted by molar-refractivity contribution is 5.90. The fourth-order valence-corrected chi connectivity index (χ4v) is 2.97. The van der Waals surface area contributed by atoms with Gasteiger partial charge >= 0.3 is 17.9 Å². The predicted octanol–water partition coefficient (Wildman–Crippen LogP) is 2.93. The van der Waals surface area contributed by atoms with E-state index in [-0.39, 0.29) is 13.0 Å². The van der Waals surface area contributed by atoms with E-state index in [0.717, 1.165) is 11.1 Å². The first-order valence-corrected chi connectivity index (χ1v) is 9.23. The number of ether oxygens (including phenoxy) is 3. The molecule has 7 nitrogen and oxygen atoms in total. The summed E-state index contributed by atoms with van der Waals surface area (Å²) in [5.74, 6) is -2.30. The van der Waals surface area contributed by atoms with Crippen molar-refractivity contribution in [1.82, 2.24) is 0 Å². The van der Waals surface area contributed by atoms with E-state index in [1.54, 1.807) is 48.5 Å². The van der Waals surface area contributed by atoms with Gasteiger partial charge in [-0.1, -0.05) is 35.4 Å². The van der Waals surface area contributed by atoms with Gasteiger partial charge in [-0.05, 0) is 38.1 Å². The number of aryl methyl sites for hydroxylation is 2. The number of rotatable bonds is 6. The van der Waals surface area contributed by atoms with Gasteiger partial charge in [-0.25, -0.2) is 14.4 Å². The number of aliphatic carboxylic acids is 1. The number of hydrogen-bond acceptors (Lipinski definition) is 6. The Bertz CT molecular complexity index is 886. The highest BCUT2D eigenvalue weighted by Crippen LogP contribution is 2.25. The Morgan fingerprint density at radius 3 is 1.97 bits per heavy atom. The quantitative estimate of drug-likeness (QED) is 0.747. The summed E-state index contributed by atoms with van der Waals surface area (Å²) >= 11 is 0. The van der Waals surface area contributed by atoms with Gasteiger partial charge in [0.25, 0.3) is 0 Å². The summed E-state index contributed by atoms with van der Waals surface area (Å²) in [5, 5.41) is 9.24. The first-order chi connectivity index (χ1) is 13.8. The van der Waals surface area contributed by atoms with Crippen LogP contribution >= 0.6 is 0 Å². The first kappa shape index (κ1) is 20.5. The van der Waals surface area contributed by atoms with E-state index in [1.165, 1.54) is 0 Å². The van der Waals surface area contributed by atoms with Crippen molar-refractivity contribution in [3.05, 3.63) is 70.8 Å². The second-order valence-electron chi connectivity index (χ2n) is 7.01. The van der Waals surface area contributed by atoms with Gasteiger partial charge in [0.15, 0.2) is 6.10 Å². The van der Waals surface area contributed by atoms with E-state index in [4.69, 9.17) is 14.2 Å². The Labute approximate surface area is 168 Å². The topological polar surface area (TPSA) is 99.1 Å². The Hall–Kier alpha value is -3.19. The van der Waals surface area contributed by atoms with Crippen LogP contribution in [0.4, 0.5) is 0 Å². The molecule has 3 atom stereocenters. The van der Waals surface area contributed by atoms with E-state index in [9.17, 15) is 19.5 Å². The van der Waals surface area contributed by atoms with Crippen molar-refractivity contribution in [2.45, 2.75) is 38.6 Å². The number of esters is 2. The summed E-state index contributed by atoms with van der Waals surface area (Å²) in [6.07, 6.45) is -2.84. The average molecular weight is 398 g/mol. The lowest BCUT2D eigenvalue weighted by molar-refractivity contribution is -0.150. The Balaban J connectivity index is 1.65. The number of benzene rings is 2. The Kier molecular flexibility index (Phi) is 6.29. The van der Waals surface area contributed by atoms with Crippen molar-refractivity contribution >= 4 is 17.9 Å². The standard InChI is InChI=1S/C22H22O7/c1-13-3-7-15(8-4-13)21(25)27-12-19-17(11-18(28-19)20(23)24)29-22(26)16-9-5-14(2)6-10-16/h3-10,17-19H,11-12H2,1-2H3,(H,23,24)/t17-,18+,19+/m0/s1. The van der Waals surface area contributed by atoms with E-state index in [1.807, 2.05) is 13.8 Å². The molecule has 1 heterocycles. The third-order valence-electron chi connectivity index (χ3n) is 4.69. The number of hydrogen-bond donors (Lipinski definition) is 1. The van der Waals surface area contributed by atoms with E-state index in [2.05, 4.69) is 0 Å². The molecule has 3 rings (SSSR count). The zero-order valence-corrected chi connectivity index (χ0v) is 16.2. The maximum atomic E-state index is 12.4. The molecule has 29 heavy (non-hydrogen) atoms. The predicted molar refractivity (Wildman–Crippen MR) is 103 cm³/mol. The largest absolute Gasteiger partial charge is 0.479 e. The fourth-order valence-electron chi connectivity index (χ4n) is 2.97. The minimum absolute atomic E-state index is 0.0142. The van der Waals surface area contributed by atoms with Crippen molar-refractivity contribution < 1.29 is 33.7 Å². The van der Waals surface area contributed by atoms with Crippen molar-refractivity contribution in [3.63, 3.8) is 0 Å². The van der Waals surface area contributed by atoms with E-state index in [0.29, 0.717) is 11.1 Å². The van der Waals surface area contributed by atoms with Crippen LogP contribution in [-0.2, 0) is 19.0 Å². The lowest BCUT2D eigenvalue weighted by Crippen LogP contribution is -2.32. The summed E-state index contributed by atoms with van der Waals surface area (Å²) in [6.45, 7) is 3.58. The van der Waals surface area contributed by atoms with Crippen LogP contribution in [0, 0.1) is 13.8 Å². The third kappa shape index (κ3) is 5.20. The molecule has 1 N–H and O–H groups in total. The summed E-state index contributed by atoms with van der Waals surface area (Å²) in [7, 11) is 0. The maximum Gasteiger partial charge on any atom is 0.338 e. The number of carbonyl (C=O) groups is 3. The van der Waals surface area contributed by atoms with Crippen LogP contribution in [0.25, 0.3) is 0 Å². The molecule has 0 unspecified atom stereocenters.